The summed E-state index contributed by atoms with van der Waals surface area (Å²) in [5.74, 6) is 0.871. The summed E-state index contributed by atoms with van der Waals surface area (Å²) in [4.78, 5) is 6.80. The zero-order valence-electron chi connectivity index (χ0n) is 16.4. The summed E-state index contributed by atoms with van der Waals surface area (Å²) in [6, 6.07) is 0.0867. The summed E-state index contributed by atoms with van der Waals surface area (Å²) in [5.41, 5.74) is 0. The minimum absolute atomic E-state index is 0.0867. The molecule has 1 saturated carbocycles. The highest BCUT2D eigenvalue weighted by Gasteiger charge is 2.41. The molecule has 1 atom stereocenters. The fraction of sp³-hybridized carbons (Fsp3) is 0.947. The molecule has 0 aromatic heterocycles. The van der Waals surface area contributed by atoms with Crippen LogP contribution in [0.2, 0.25) is 0 Å². The van der Waals surface area contributed by atoms with Crippen molar-refractivity contribution in [3.63, 3.8) is 0 Å². The van der Waals surface area contributed by atoms with E-state index in [1.807, 2.05) is 0 Å². The second kappa shape index (κ2) is 9.81. The zero-order valence-corrected chi connectivity index (χ0v) is 16.4. The van der Waals surface area contributed by atoms with Gasteiger partial charge < -0.3 is 15.5 Å². The first-order chi connectivity index (χ1) is 12.3. The third-order valence-corrected chi connectivity index (χ3v) is 5.54. The highest BCUT2D eigenvalue weighted by Crippen LogP contribution is 2.37. The van der Waals surface area contributed by atoms with Gasteiger partial charge in [0.1, 0.15) is 0 Å². The second-order valence-electron chi connectivity index (χ2n) is 8.35. The highest BCUT2D eigenvalue weighted by molar-refractivity contribution is 5.79. The van der Waals surface area contributed by atoms with Gasteiger partial charge in [0.25, 0.3) is 0 Å². The highest BCUT2D eigenvalue weighted by atomic mass is 19.4. The molecule has 2 aliphatic rings. The Kier molecular flexibility index (Phi) is 8.05. The molecule has 26 heavy (non-hydrogen) atoms. The van der Waals surface area contributed by atoms with E-state index in [1.54, 1.807) is 7.05 Å². The average molecular weight is 377 g/mol. The number of aliphatic imine (C=N–C) groups is 1. The monoisotopic (exact) mass is 376 g/mol. The topological polar surface area (TPSA) is 39.7 Å². The van der Waals surface area contributed by atoms with Gasteiger partial charge in [-0.15, -0.1) is 0 Å². The Hall–Kier alpha value is -0.980. The van der Waals surface area contributed by atoms with Gasteiger partial charge in [-0.2, -0.15) is 13.2 Å². The van der Waals surface area contributed by atoms with E-state index >= 15 is 0 Å². The van der Waals surface area contributed by atoms with Crippen molar-refractivity contribution in [2.24, 2.45) is 22.7 Å². The van der Waals surface area contributed by atoms with Crippen LogP contribution in [0.4, 0.5) is 13.2 Å². The van der Waals surface area contributed by atoms with E-state index in [4.69, 9.17) is 0 Å². The SMILES string of the molecule is CN=C(NCC1CCCN(CC(C)C)C1)NC1CCC(C(F)(F)F)CC1. The van der Waals surface area contributed by atoms with E-state index in [0.29, 0.717) is 24.7 Å². The Bertz CT molecular complexity index is 443. The Morgan fingerprint density at radius 2 is 1.85 bits per heavy atom. The molecule has 1 unspecified atom stereocenters. The Morgan fingerprint density at radius 1 is 1.15 bits per heavy atom. The number of rotatable bonds is 5. The molecule has 1 aliphatic carbocycles. The van der Waals surface area contributed by atoms with Crippen LogP contribution in [0, 0.1) is 17.8 Å². The maximum Gasteiger partial charge on any atom is 0.391 e. The minimum Gasteiger partial charge on any atom is -0.356 e. The van der Waals surface area contributed by atoms with Crippen LogP contribution in [0.1, 0.15) is 52.4 Å². The molecule has 1 saturated heterocycles. The maximum atomic E-state index is 12.8. The standard InChI is InChI=1S/C19H35F3N4/c1-14(2)12-26-10-4-5-15(13-26)11-24-18(23-3)25-17-8-6-16(7-9-17)19(20,21)22/h14-17H,4-13H2,1-3H3,(H2,23,24,25). The van der Waals surface area contributed by atoms with Crippen molar-refractivity contribution in [3.8, 4) is 0 Å². The van der Waals surface area contributed by atoms with Gasteiger partial charge in [0, 0.05) is 32.7 Å². The molecule has 4 nitrogen and oxygen atoms in total. The molecule has 0 amide bonds. The van der Waals surface area contributed by atoms with E-state index in [2.05, 4.69) is 34.4 Å². The Labute approximate surface area is 156 Å². The number of nitrogens with zero attached hydrogens (tertiary/aromatic N) is 2. The van der Waals surface area contributed by atoms with E-state index < -0.39 is 12.1 Å². The van der Waals surface area contributed by atoms with Crippen LogP contribution < -0.4 is 10.6 Å². The van der Waals surface area contributed by atoms with Gasteiger partial charge in [-0.1, -0.05) is 13.8 Å². The molecule has 2 N–H and O–H groups in total. The third-order valence-electron chi connectivity index (χ3n) is 5.54. The molecule has 0 aromatic carbocycles. The van der Waals surface area contributed by atoms with Crippen molar-refractivity contribution < 1.29 is 13.2 Å². The lowest BCUT2D eigenvalue weighted by Crippen LogP contribution is -2.48. The first kappa shape index (κ1) is 21.3. The largest absolute Gasteiger partial charge is 0.391 e. The van der Waals surface area contributed by atoms with Crippen molar-refractivity contribution in [2.75, 3.05) is 33.2 Å². The number of piperidine rings is 1. The molecule has 0 bridgehead atoms. The minimum atomic E-state index is -4.05. The Balaban J connectivity index is 1.71. The van der Waals surface area contributed by atoms with Crippen molar-refractivity contribution in [3.05, 3.63) is 0 Å². The lowest BCUT2D eigenvalue weighted by Gasteiger charge is -2.34. The zero-order chi connectivity index (χ0) is 19.2. The maximum absolute atomic E-state index is 12.8. The average Bonchev–Trinajstić information content (AvgIpc) is 2.58. The number of likely N-dealkylation sites (tertiary alicyclic amines) is 1. The lowest BCUT2D eigenvalue weighted by molar-refractivity contribution is -0.182. The first-order valence-electron chi connectivity index (χ1n) is 10.0. The van der Waals surface area contributed by atoms with Gasteiger partial charge in [-0.25, -0.2) is 0 Å². The summed E-state index contributed by atoms with van der Waals surface area (Å²) in [7, 11) is 1.72. The summed E-state index contributed by atoms with van der Waals surface area (Å²) >= 11 is 0. The van der Waals surface area contributed by atoms with Crippen LogP contribution in [-0.2, 0) is 0 Å². The van der Waals surface area contributed by atoms with E-state index in [-0.39, 0.29) is 18.9 Å². The van der Waals surface area contributed by atoms with Gasteiger partial charge >= 0.3 is 6.18 Å². The molecule has 0 radical (unpaired) electrons. The van der Waals surface area contributed by atoms with Crippen molar-refractivity contribution in [1.82, 2.24) is 15.5 Å². The molecule has 152 valence electrons. The van der Waals surface area contributed by atoms with Crippen LogP contribution >= 0.6 is 0 Å². The van der Waals surface area contributed by atoms with Crippen molar-refractivity contribution in [1.29, 1.82) is 0 Å². The summed E-state index contributed by atoms with van der Waals surface area (Å²) in [6.07, 6.45) is -0.0710. The molecular formula is C19H35F3N4. The predicted molar refractivity (Wildman–Crippen MR) is 100 cm³/mol. The fourth-order valence-corrected chi connectivity index (χ4v) is 4.19. The normalized spacial score (nSPS) is 29.0. The predicted octanol–water partition coefficient (Wildman–Crippen LogP) is 3.64. The van der Waals surface area contributed by atoms with Crippen LogP contribution in [0.15, 0.2) is 4.99 Å². The number of nitrogens with one attached hydrogen (secondary N) is 2. The van der Waals surface area contributed by atoms with Crippen LogP contribution in [0.3, 0.4) is 0 Å². The van der Waals surface area contributed by atoms with Crippen LogP contribution in [0.25, 0.3) is 0 Å². The number of halogens is 3. The molecule has 1 heterocycles. The molecule has 0 aromatic rings. The summed E-state index contributed by atoms with van der Waals surface area (Å²) in [5, 5.41) is 6.71. The fourth-order valence-electron chi connectivity index (χ4n) is 4.19. The summed E-state index contributed by atoms with van der Waals surface area (Å²) in [6.45, 7) is 8.81. The quantitative estimate of drug-likeness (QED) is 0.568. The molecule has 2 rings (SSSR count). The van der Waals surface area contributed by atoms with Crippen molar-refractivity contribution in [2.45, 2.75) is 64.6 Å². The molecule has 2 fully saturated rings. The Morgan fingerprint density at radius 3 is 2.42 bits per heavy atom. The third kappa shape index (κ3) is 6.97. The van der Waals surface area contributed by atoms with Gasteiger partial charge in [0.2, 0.25) is 0 Å². The van der Waals surface area contributed by atoms with E-state index in [1.165, 1.54) is 19.4 Å². The summed E-state index contributed by atoms with van der Waals surface area (Å²) < 4.78 is 38.3. The number of alkyl halides is 3. The number of guanidine groups is 1. The number of hydrogen-bond acceptors (Lipinski definition) is 2. The van der Waals surface area contributed by atoms with Gasteiger partial charge in [0.05, 0.1) is 5.92 Å². The van der Waals surface area contributed by atoms with Crippen LogP contribution in [-0.4, -0.2) is 56.3 Å². The van der Waals surface area contributed by atoms with Crippen LogP contribution in [0.5, 0.6) is 0 Å². The van der Waals surface area contributed by atoms with Crippen molar-refractivity contribution >= 4 is 5.96 Å². The van der Waals surface area contributed by atoms with E-state index in [0.717, 1.165) is 25.6 Å². The second-order valence-corrected chi connectivity index (χ2v) is 8.35. The molecular weight excluding hydrogens is 341 g/mol. The molecule has 1 aliphatic heterocycles. The smallest absolute Gasteiger partial charge is 0.356 e. The van der Waals surface area contributed by atoms with Gasteiger partial charge in [-0.3, -0.25) is 4.99 Å². The number of hydrogen-bond donors (Lipinski definition) is 2. The first-order valence-corrected chi connectivity index (χ1v) is 10.0. The molecule has 7 heteroatoms. The molecule has 0 spiro atoms. The van der Waals surface area contributed by atoms with E-state index in [9.17, 15) is 13.2 Å². The lowest BCUT2D eigenvalue weighted by atomic mass is 9.85. The van der Waals surface area contributed by atoms with Gasteiger partial charge in [0.15, 0.2) is 5.96 Å². The van der Waals surface area contributed by atoms with Gasteiger partial charge in [-0.05, 0) is 56.9 Å².